The number of hydrogen-bond acceptors (Lipinski definition) is 1. The number of methoxy groups -OCH3 is 1. The SMILES string of the molecule is COc1ccc([C@@H]2CC[C@H](c3ccccc3)C2)cc1. The zero-order valence-electron chi connectivity index (χ0n) is 11.4. The van der Waals surface area contributed by atoms with Gasteiger partial charge in [0.25, 0.3) is 0 Å². The monoisotopic (exact) mass is 252 g/mol. The molecule has 0 aromatic heterocycles. The number of ether oxygens (including phenoxy) is 1. The third-order valence-corrected chi connectivity index (χ3v) is 4.29. The second-order valence-corrected chi connectivity index (χ2v) is 5.39. The number of benzene rings is 2. The molecule has 0 heterocycles. The molecule has 0 saturated heterocycles. The van der Waals surface area contributed by atoms with Crippen molar-refractivity contribution < 1.29 is 4.74 Å². The first-order valence-electron chi connectivity index (χ1n) is 7.05. The predicted octanol–water partition coefficient (Wildman–Crippen LogP) is 4.75. The van der Waals surface area contributed by atoms with Gasteiger partial charge in [0, 0.05) is 0 Å². The van der Waals surface area contributed by atoms with E-state index in [0.29, 0.717) is 5.92 Å². The van der Waals surface area contributed by atoms with E-state index in [1.54, 1.807) is 7.11 Å². The van der Waals surface area contributed by atoms with E-state index in [1.807, 2.05) is 0 Å². The quantitative estimate of drug-likeness (QED) is 0.766. The van der Waals surface area contributed by atoms with Gasteiger partial charge in [0.15, 0.2) is 0 Å². The topological polar surface area (TPSA) is 9.23 Å². The summed E-state index contributed by atoms with van der Waals surface area (Å²) in [5, 5.41) is 0. The molecule has 0 aliphatic heterocycles. The van der Waals surface area contributed by atoms with Gasteiger partial charge in [-0.3, -0.25) is 0 Å². The molecule has 0 bridgehead atoms. The van der Waals surface area contributed by atoms with Crippen LogP contribution in [0.15, 0.2) is 54.6 Å². The third-order valence-electron chi connectivity index (χ3n) is 4.29. The molecule has 1 nitrogen and oxygen atoms in total. The van der Waals surface area contributed by atoms with Gasteiger partial charge >= 0.3 is 0 Å². The number of hydrogen-bond donors (Lipinski definition) is 0. The smallest absolute Gasteiger partial charge is 0.118 e. The molecule has 0 unspecified atom stereocenters. The first-order chi connectivity index (χ1) is 9.36. The lowest BCUT2D eigenvalue weighted by atomic mass is 9.93. The van der Waals surface area contributed by atoms with Gasteiger partial charge in [-0.2, -0.15) is 0 Å². The van der Waals surface area contributed by atoms with E-state index in [1.165, 1.54) is 30.4 Å². The number of rotatable bonds is 3. The fourth-order valence-electron chi connectivity index (χ4n) is 3.19. The Balaban J connectivity index is 1.71. The summed E-state index contributed by atoms with van der Waals surface area (Å²) in [4.78, 5) is 0. The molecule has 0 radical (unpaired) electrons. The minimum Gasteiger partial charge on any atom is -0.497 e. The Kier molecular flexibility index (Phi) is 3.54. The van der Waals surface area contributed by atoms with Gasteiger partial charge in [0.1, 0.15) is 5.75 Å². The van der Waals surface area contributed by atoms with Crippen molar-refractivity contribution in [3.63, 3.8) is 0 Å². The Hall–Kier alpha value is -1.76. The molecule has 1 aliphatic carbocycles. The van der Waals surface area contributed by atoms with E-state index in [4.69, 9.17) is 4.74 Å². The molecular formula is C18H20O. The fraction of sp³-hybridized carbons (Fsp3) is 0.333. The van der Waals surface area contributed by atoms with Crippen LogP contribution in [0.2, 0.25) is 0 Å². The third kappa shape index (κ3) is 2.65. The minimum atomic E-state index is 0.705. The maximum absolute atomic E-state index is 5.22. The van der Waals surface area contributed by atoms with E-state index in [0.717, 1.165) is 11.7 Å². The molecule has 1 saturated carbocycles. The van der Waals surface area contributed by atoms with Crippen LogP contribution in [0.3, 0.4) is 0 Å². The highest BCUT2D eigenvalue weighted by Crippen LogP contribution is 2.43. The first kappa shape index (κ1) is 12.3. The zero-order chi connectivity index (χ0) is 13.1. The largest absolute Gasteiger partial charge is 0.497 e. The maximum Gasteiger partial charge on any atom is 0.118 e. The van der Waals surface area contributed by atoms with Gasteiger partial charge < -0.3 is 4.74 Å². The van der Waals surface area contributed by atoms with Crippen LogP contribution in [0.4, 0.5) is 0 Å². The fourth-order valence-corrected chi connectivity index (χ4v) is 3.19. The van der Waals surface area contributed by atoms with Gasteiger partial charge in [-0.05, 0) is 54.4 Å². The van der Waals surface area contributed by atoms with E-state index in [9.17, 15) is 0 Å². The van der Waals surface area contributed by atoms with Crippen molar-refractivity contribution in [2.24, 2.45) is 0 Å². The summed E-state index contributed by atoms with van der Waals surface area (Å²) in [6, 6.07) is 19.5. The van der Waals surface area contributed by atoms with Crippen LogP contribution in [0.1, 0.15) is 42.2 Å². The van der Waals surface area contributed by atoms with Gasteiger partial charge in [0.2, 0.25) is 0 Å². The van der Waals surface area contributed by atoms with Gasteiger partial charge in [-0.15, -0.1) is 0 Å². The van der Waals surface area contributed by atoms with Crippen LogP contribution in [0.5, 0.6) is 5.75 Å². The van der Waals surface area contributed by atoms with Crippen molar-refractivity contribution >= 4 is 0 Å². The summed E-state index contributed by atoms with van der Waals surface area (Å²) in [6.07, 6.45) is 3.88. The van der Waals surface area contributed by atoms with Crippen LogP contribution in [0.25, 0.3) is 0 Å². The summed E-state index contributed by atoms with van der Waals surface area (Å²) in [6.45, 7) is 0. The molecule has 0 N–H and O–H groups in total. The summed E-state index contributed by atoms with van der Waals surface area (Å²) in [5.41, 5.74) is 2.96. The molecule has 2 aromatic carbocycles. The lowest BCUT2D eigenvalue weighted by Gasteiger charge is -2.12. The van der Waals surface area contributed by atoms with Crippen molar-refractivity contribution in [2.45, 2.75) is 31.1 Å². The van der Waals surface area contributed by atoms with Gasteiger partial charge in [-0.25, -0.2) is 0 Å². The summed E-state index contributed by atoms with van der Waals surface area (Å²) >= 11 is 0. The predicted molar refractivity (Wildman–Crippen MR) is 78.8 cm³/mol. The molecular weight excluding hydrogens is 232 g/mol. The highest BCUT2D eigenvalue weighted by molar-refractivity contribution is 5.31. The van der Waals surface area contributed by atoms with E-state index in [-0.39, 0.29) is 0 Å². The van der Waals surface area contributed by atoms with Crippen LogP contribution in [0, 0.1) is 0 Å². The standard InChI is InChI=1S/C18H20O/c1-19-18-11-9-15(10-12-18)17-8-7-16(13-17)14-5-3-2-4-6-14/h2-6,9-12,16-17H,7-8,13H2,1H3/t16-,17+/m0/s1. The van der Waals surface area contributed by atoms with Crippen molar-refractivity contribution in [3.05, 3.63) is 65.7 Å². The Morgan fingerprint density at radius 3 is 1.95 bits per heavy atom. The van der Waals surface area contributed by atoms with Crippen molar-refractivity contribution in [1.82, 2.24) is 0 Å². The summed E-state index contributed by atoms with van der Waals surface area (Å²) in [5.74, 6) is 2.38. The molecule has 1 aliphatic rings. The van der Waals surface area contributed by atoms with E-state index >= 15 is 0 Å². The van der Waals surface area contributed by atoms with Crippen molar-refractivity contribution in [3.8, 4) is 5.75 Å². The normalized spacial score (nSPS) is 22.4. The molecule has 3 rings (SSSR count). The second kappa shape index (κ2) is 5.48. The van der Waals surface area contributed by atoms with Crippen LogP contribution in [-0.4, -0.2) is 7.11 Å². The van der Waals surface area contributed by atoms with Gasteiger partial charge in [-0.1, -0.05) is 42.5 Å². The maximum atomic E-state index is 5.22. The minimum absolute atomic E-state index is 0.705. The summed E-state index contributed by atoms with van der Waals surface area (Å²) < 4.78 is 5.22. The zero-order valence-corrected chi connectivity index (χ0v) is 11.4. The van der Waals surface area contributed by atoms with E-state index < -0.39 is 0 Å². The molecule has 2 aromatic rings. The molecule has 19 heavy (non-hydrogen) atoms. The molecule has 1 fully saturated rings. The highest BCUT2D eigenvalue weighted by Gasteiger charge is 2.26. The lowest BCUT2D eigenvalue weighted by molar-refractivity contribution is 0.414. The Morgan fingerprint density at radius 2 is 1.37 bits per heavy atom. The average Bonchev–Trinajstić information content (AvgIpc) is 2.98. The summed E-state index contributed by atoms with van der Waals surface area (Å²) in [7, 11) is 1.72. The van der Waals surface area contributed by atoms with Gasteiger partial charge in [0.05, 0.1) is 7.11 Å². The Bertz CT molecular complexity index is 515. The Labute approximate surface area is 115 Å². The van der Waals surface area contributed by atoms with E-state index in [2.05, 4.69) is 54.6 Å². The second-order valence-electron chi connectivity index (χ2n) is 5.39. The van der Waals surface area contributed by atoms with Crippen molar-refractivity contribution in [2.75, 3.05) is 7.11 Å². The van der Waals surface area contributed by atoms with Crippen LogP contribution in [-0.2, 0) is 0 Å². The lowest BCUT2D eigenvalue weighted by Crippen LogP contribution is -1.95. The van der Waals surface area contributed by atoms with Crippen LogP contribution >= 0.6 is 0 Å². The van der Waals surface area contributed by atoms with Crippen LogP contribution < -0.4 is 4.74 Å². The molecule has 0 amide bonds. The molecule has 1 heteroatoms. The van der Waals surface area contributed by atoms with Crippen molar-refractivity contribution in [1.29, 1.82) is 0 Å². The molecule has 98 valence electrons. The highest BCUT2D eigenvalue weighted by atomic mass is 16.5. The first-order valence-corrected chi connectivity index (χ1v) is 7.05. The Morgan fingerprint density at radius 1 is 0.789 bits per heavy atom. The average molecular weight is 252 g/mol. The molecule has 2 atom stereocenters. The molecule has 0 spiro atoms.